The highest BCUT2D eigenvalue weighted by Gasteiger charge is 2.22. The molecule has 1 N–H and O–H groups in total. The lowest BCUT2D eigenvalue weighted by Gasteiger charge is -2.11. The van der Waals surface area contributed by atoms with Gasteiger partial charge < -0.3 is 0 Å². The van der Waals surface area contributed by atoms with Crippen molar-refractivity contribution in [3.63, 3.8) is 0 Å². The number of H-pyrrole nitrogens is 1. The van der Waals surface area contributed by atoms with E-state index < -0.39 is 22.7 Å². The molecule has 0 radical (unpaired) electrons. The van der Waals surface area contributed by atoms with Crippen molar-refractivity contribution in [2.45, 2.75) is 43.6 Å². The number of nitrogens with zero attached hydrogens (tertiary/aromatic N) is 2. The average Bonchev–Trinajstić information content (AvgIpc) is 2.84. The van der Waals surface area contributed by atoms with E-state index in [1.807, 2.05) is 6.92 Å². The number of carbonyl (C=O) groups excluding carboxylic acids is 1. The highest BCUT2D eigenvalue weighted by molar-refractivity contribution is 8.00. The van der Waals surface area contributed by atoms with E-state index in [1.54, 1.807) is 6.92 Å². The Morgan fingerprint density at radius 3 is 2.83 bits per heavy atom. The molecule has 1 heterocycles. The first-order chi connectivity index (χ1) is 10.9. The van der Waals surface area contributed by atoms with Gasteiger partial charge in [0.2, 0.25) is 0 Å². The molecule has 1 unspecified atom stereocenters. The zero-order valence-corrected chi connectivity index (χ0v) is 13.6. The summed E-state index contributed by atoms with van der Waals surface area (Å²) in [5.74, 6) is -2.11. The summed E-state index contributed by atoms with van der Waals surface area (Å²) in [4.78, 5) is 24.0. The minimum absolute atomic E-state index is 0.176. The van der Waals surface area contributed by atoms with Crippen molar-refractivity contribution < 1.29 is 13.6 Å². The van der Waals surface area contributed by atoms with Crippen LogP contribution in [-0.4, -0.2) is 25.8 Å². The first-order valence-electron chi connectivity index (χ1n) is 7.25. The summed E-state index contributed by atoms with van der Waals surface area (Å²) in [5.41, 5.74) is -0.516. The number of hydrogen-bond donors (Lipinski definition) is 1. The maximum Gasteiger partial charge on any atom is 0.343 e. The smallest absolute Gasteiger partial charge is 0.293 e. The summed E-state index contributed by atoms with van der Waals surface area (Å²) >= 11 is 1.07. The van der Waals surface area contributed by atoms with Gasteiger partial charge in [0.1, 0.15) is 11.6 Å². The Morgan fingerprint density at radius 2 is 2.17 bits per heavy atom. The number of nitrogens with one attached hydrogen (secondary N) is 1. The molecule has 1 aromatic heterocycles. The van der Waals surface area contributed by atoms with Crippen molar-refractivity contribution in [3.05, 3.63) is 45.9 Å². The Kier molecular flexibility index (Phi) is 5.70. The molecule has 8 heteroatoms. The van der Waals surface area contributed by atoms with Gasteiger partial charge in [-0.1, -0.05) is 25.1 Å². The number of benzene rings is 1. The number of unbranched alkanes of at least 4 members (excludes halogenated alkanes) is 1. The number of rotatable bonds is 7. The highest BCUT2D eigenvalue weighted by Crippen LogP contribution is 2.24. The normalized spacial score (nSPS) is 12.3. The number of halogens is 2. The van der Waals surface area contributed by atoms with Crippen LogP contribution in [0, 0.1) is 11.6 Å². The van der Waals surface area contributed by atoms with Crippen LogP contribution in [0.1, 0.15) is 37.0 Å². The van der Waals surface area contributed by atoms with E-state index in [1.165, 1.54) is 4.57 Å². The Hall–Kier alpha value is -1.96. The third-order valence-corrected chi connectivity index (χ3v) is 4.40. The van der Waals surface area contributed by atoms with E-state index in [0.29, 0.717) is 17.8 Å². The SMILES string of the molecule is CCCCn1c(SC(C)C(=O)c2ccc(F)cc2F)n[nH]c1=O. The maximum absolute atomic E-state index is 13.7. The Balaban J connectivity index is 2.17. The molecular weight excluding hydrogens is 324 g/mol. The second kappa shape index (κ2) is 7.54. The number of Topliss-reactive ketones (excluding diaryl/α,β-unsaturated/α-hetero) is 1. The molecule has 0 fully saturated rings. The van der Waals surface area contributed by atoms with Gasteiger partial charge in [-0.3, -0.25) is 9.36 Å². The Morgan fingerprint density at radius 1 is 1.43 bits per heavy atom. The molecule has 0 saturated carbocycles. The van der Waals surface area contributed by atoms with Crippen LogP contribution in [0.3, 0.4) is 0 Å². The fourth-order valence-corrected chi connectivity index (χ4v) is 2.98. The van der Waals surface area contributed by atoms with Crippen LogP contribution >= 0.6 is 11.8 Å². The second-order valence-electron chi connectivity index (χ2n) is 5.07. The molecule has 5 nitrogen and oxygen atoms in total. The standard InChI is InChI=1S/C15H17F2N3O2S/c1-3-4-7-20-14(22)18-19-15(20)23-9(2)13(21)11-6-5-10(16)8-12(11)17/h5-6,8-9H,3-4,7H2,1-2H3,(H,18,22). The fraction of sp³-hybridized carbons (Fsp3) is 0.400. The number of thioether (sulfide) groups is 1. The van der Waals surface area contributed by atoms with Gasteiger partial charge >= 0.3 is 5.69 Å². The molecule has 1 aromatic carbocycles. The van der Waals surface area contributed by atoms with Gasteiger partial charge in [-0.2, -0.15) is 0 Å². The molecule has 124 valence electrons. The van der Waals surface area contributed by atoms with Gasteiger partial charge in [0.25, 0.3) is 0 Å². The zero-order chi connectivity index (χ0) is 17.0. The van der Waals surface area contributed by atoms with Crippen molar-refractivity contribution in [2.75, 3.05) is 0 Å². The van der Waals surface area contributed by atoms with Gasteiger partial charge in [-0.05, 0) is 25.5 Å². The number of carbonyl (C=O) groups is 1. The van der Waals surface area contributed by atoms with Crippen LogP contribution in [0.15, 0.2) is 28.2 Å². The molecule has 0 bridgehead atoms. The van der Waals surface area contributed by atoms with Gasteiger partial charge in [-0.15, -0.1) is 5.10 Å². The number of aromatic nitrogens is 3. The number of aromatic amines is 1. The molecule has 0 aliphatic carbocycles. The van der Waals surface area contributed by atoms with Crippen LogP contribution in [0.25, 0.3) is 0 Å². The van der Waals surface area contributed by atoms with Crippen LogP contribution in [-0.2, 0) is 6.54 Å². The third kappa shape index (κ3) is 4.07. The van der Waals surface area contributed by atoms with E-state index in [4.69, 9.17) is 0 Å². The molecule has 0 spiro atoms. The van der Waals surface area contributed by atoms with Crippen molar-refractivity contribution in [1.29, 1.82) is 0 Å². The van der Waals surface area contributed by atoms with Crippen LogP contribution in [0.2, 0.25) is 0 Å². The quantitative estimate of drug-likeness (QED) is 0.621. The maximum atomic E-state index is 13.7. The van der Waals surface area contributed by atoms with Crippen molar-refractivity contribution in [1.82, 2.24) is 14.8 Å². The van der Waals surface area contributed by atoms with Crippen LogP contribution in [0.4, 0.5) is 8.78 Å². The zero-order valence-electron chi connectivity index (χ0n) is 12.8. The average molecular weight is 341 g/mol. The summed E-state index contributed by atoms with van der Waals surface area (Å²) in [6.45, 7) is 4.10. The first-order valence-corrected chi connectivity index (χ1v) is 8.13. The molecule has 2 aromatic rings. The molecule has 0 aliphatic heterocycles. The topological polar surface area (TPSA) is 67.8 Å². The summed E-state index contributed by atoms with van der Waals surface area (Å²) in [6.07, 6.45) is 1.72. The molecule has 2 rings (SSSR count). The minimum atomic E-state index is -0.896. The number of ketones is 1. The molecule has 0 aliphatic rings. The second-order valence-corrected chi connectivity index (χ2v) is 6.37. The Bertz CT molecular complexity index is 757. The van der Waals surface area contributed by atoms with Crippen molar-refractivity contribution in [2.24, 2.45) is 0 Å². The number of hydrogen-bond acceptors (Lipinski definition) is 4. The van der Waals surface area contributed by atoms with Crippen molar-refractivity contribution >= 4 is 17.5 Å². The van der Waals surface area contributed by atoms with E-state index >= 15 is 0 Å². The molecular formula is C15H17F2N3O2S. The lowest BCUT2D eigenvalue weighted by atomic mass is 10.1. The summed E-state index contributed by atoms with van der Waals surface area (Å²) in [5, 5.41) is 5.97. The fourth-order valence-electron chi connectivity index (χ4n) is 2.03. The summed E-state index contributed by atoms with van der Waals surface area (Å²) < 4.78 is 28.1. The largest absolute Gasteiger partial charge is 0.343 e. The lowest BCUT2D eigenvalue weighted by Crippen LogP contribution is -2.20. The first kappa shape index (κ1) is 17.4. The molecule has 0 amide bonds. The van der Waals surface area contributed by atoms with E-state index in [-0.39, 0.29) is 11.3 Å². The van der Waals surface area contributed by atoms with Crippen molar-refractivity contribution in [3.8, 4) is 0 Å². The summed E-state index contributed by atoms with van der Waals surface area (Å²) in [7, 11) is 0. The van der Waals surface area contributed by atoms with Crippen LogP contribution < -0.4 is 5.69 Å². The highest BCUT2D eigenvalue weighted by atomic mass is 32.2. The van der Waals surface area contributed by atoms with Gasteiger partial charge in [0.05, 0.1) is 10.8 Å². The third-order valence-electron chi connectivity index (χ3n) is 3.31. The minimum Gasteiger partial charge on any atom is -0.293 e. The van der Waals surface area contributed by atoms with E-state index in [2.05, 4.69) is 10.2 Å². The molecule has 23 heavy (non-hydrogen) atoms. The summed E-state index contributed by atoms with van der Waals surface area (Å²) in [6, 6.07) is 2.84. The van der Waals surface area contributed by atoms with E-state index in [9.17, 15) is 18.4 Å². The van der Waals surface area contributed by atoms with Gasteiger partial charge in [0.15, 0.2) is 10.9 Å². The monoisotopic (exact) mass is 341 g/mol. The lowest BCUT2D eigenvalue weighted by molar-refractivity contribution is 0.0990. The van der Waals surface area contributed by atoms with Crippen LogP contribution in [0.5, 0.6) is 0 Å². The molecule has 0 saturated heterocycles. The molecule has 1 atom stereocenters. The predicted molar refractivity (Wildman–Crippen MR) is 83.8 cm³/mol. The van der Waals surface area contributed by atoms with E-state index in [0.717, 1.165) is 36.7 Å². The Labute approximate surface area is 136 Å². The van der Waals surface area contributed by atoms with Gasteiger partial charge in [-0.25, -0.2) is 18.7 Å². The van der Waals surface area contributed by atoms with Gasteiger partial charge in [0, 0.05) is 12.6 Å². The predicted octanol–water partition coefficient (Wildman–Crippen LogP) is 3.01.